The predicted molar refractivity (Wildman–Crippen MR) is 130 cm³/mol. The first-order valence-corrected chi connectivity index (χ1v) is 12.0. The Morgan fingerprint density at radius 1 is 0.581 bits per heavy atom. The fraction of sp³-hybridized carbons (Fsp3) is 0. The van der Waals surface area contributed by atoms with Crippen LogP contribution in [0.3, 0.4) is 0 Å². The maximum Gasteiger partial charge on any atom is 0.186 e. The van der Waals surface area contributed by atoms with Gasteiger partial charge in [-0.25, -0.2) is 5.01 Å². The maximum absolute atomic E-state index is 14.7. The van der Waals surface area contributed by atoms with E-state index >= 15 is 0 Å². The number of hydrogen-bond donors (Lipinski definition) is 0. The van der Waals surface area contributed by atoms with E-state index < -0.39 is 7.14 Å². The topological polar surface area (TPSA) is 32.7 Å². The fourth-order valence-electron chi connectivity index (χ4n) is 3.76. The number of rotatable bonds is 4. The Morgan fingerprint density at radius 3 is 1.65 bits per heavy atom. The molecule has 4 heteroatoms. The zero-order valence-electron chi connectivity index (χ0n) is 16.9. The quantitative estimate of drug-likeness (QED) is 0.351. The largest absolute Gasteiger partial charge is 0.307 e. The SMILES string of the molecule is O=[P@]1(c2ccccc2)C=C(c2ccccc2)N(c2ccccc2)N=C1c1ccccc1. The zero-order chi connectivity index (χ0) is 21.1. The van der Waals surface area contributed by atoms with Gasteiger partial charge in [0.25, 0.3) is 0 Å². The van der Waals surface area contributed by atoms with E-state index in [1.807, 2.05) is 132 Å². The molecule has 0 spiro atoms. The summed E-state index contributed by atoms with van der Waals surface area (Å²) in [7, 11) is -3.13. The molecule has 0 aliphatic carbocycles. The van der Waals surface area contributed by atoms with Gasteiger partial charge in [-0.05, 0) is 12.1 Å². The third-order valence-electron chi connectivity index (χ3n) is 5.28. The molecule has 31 heavy (non-hydrogen) atoms. The highest BCUT2D eigenvalue weighted by Gasteiger charge is 2.37. The number of hydrazone groups is 1. The molecule has 0 saturated heterocycles. The fourth-order valence-corrected chi connectivity index (χ4v) is 6.25. The molecule has 5 rings (SSSR count). The lowest BCUT2D eigenvalue weighted by Crippen LogP contribution is -2.25. The van der Waals surface area contributed by atoms with Gasteiger partial charge in [0.1, 0.15) is 5.45 Å². The summed E-state index contributed by atoms with van der Waals surface area (Å²) < 4.78 is 14.7. The molecule has 4 aromatic rings. The number of hydrogen-bond acceptors (Lipinski definition) is 3. The summed E-state index contributed by atoms with van der Waals surface area (Å²) in [6, 6.07) is 39.5. The average molecular weight is 420 g/mol. The van der Waals surface area contributed by atoms with Crippen LogP contribution >= 0.6 is 7.14 Å². The number of anilines is 1. The van der Waals surface area contributed by atoms with Crippen LogP contribution in [0.25, 0.3) is 5.70 Å². The molecule has 0 fully saturated rings. The minimum Gasteiger partial charge on any atom is -0.307 e. The van der Waals surface area contributed by atoms with Crippen LogP contribution in [0.2, 0.25) is 0 Å². The lowest BCUT2D eigenvalue weighted by molar-refractivity contribution is 0.593. The van der Waals surface area contributed by atoms with Crippen molar-refractivity contribution in [2.45, 2.75) is 0 Å². The van der Waals surface area contributed by atoms with Crippen LogP contribution in [0.1, 0.15) is 11.1 Å². The van der Waals surface area contributed by atoms with E-state index in [4.69, 9.17) is 5.10 Å². The van der Waals surface area contributed by atoms with Crippen LogP contribution in [0.4, 0.5) is 5.69 Å². The van der Waals surface area contributed by atoms with Gasteiger partial charge in [0.05, 0.1) is 11.4 Å². The van der Waals surface area contributed by atoms with E-state index in [-0.39, 0.29) is 0 Å². The first-order chi connectivity index (χ1) is 15.3. The summed E-state index contributed by atoms with van der Waals surface area (Å²) in [5.41, 5.74) is 4.16. The van der Waals surface area contributed by atoms with Crippen molar-refractivity contribution in [1.29, 1.82) is 0 Å². The molecule has 1 aliphatic rings. The van der Waals surface area contributed by atoms with Crippen LogP contribution in [0.15, 0.2) is 132 Å². The molecule has 0 amide bonds. The van der Waals surface area contributed by atoms with E-state index in [0.29, 0.717) is 5.45 Å². The highest BCUT2D eigenvalue weighted by molar-refractivity contribution is 7.90. The Morgan fingerprint density at radius 2 is 1.06 bits per heavy atom. The van der Waals surface area contributed by atoms with Crippen molar-refractivity contribution in [2.24, 2.45) is 5.10 Å². The Labute approximate surface area is 182 Å². The smallest absolute Gasteiger partial charge is 0.186 e. The van der Waals surface area contributed by atoms with Gasteiger partial charge in [0, 0.05) is 22.2 Å². The third kappa shape index (κ3) is 3.65. The summed E-state index contributed by atoms with van der Waals surface area (Å²) in [5.74, 6) is 1.92. The minimum atomic E-state index is -3.13. The summed E-state index contributed by atoms with van der Waals surface area (Å²) in [4.78, 5) is 0. The van der Waals surface area contributed by atoms with Crippen LogP contribution in [0.5, 0.6) is 0 Å². The monoisotopic (exact) mass is 420 g/mol. The third-order valence-corrected chi connectivity index (χ3v) is 7.93. The summed E-state index contributed by atoms with van der Waals surface area (Å²) in [6.07, 6.45) is 0. The Balaban J connectivity index is 1.79. The molecule has 150 valence electrons. The minimum absolute atomic E-state index is 0.586. The van der Waals surface area contributed by atoms with Crippen molar-refractivity contribution < 1.29 is 4.57 Å². The molecule has 1 heterocycles. The normalized spacial score (nSPS) is 18.3. The summed E-state index contributed by atoms with van der Waals surface area (Å²) in [5, 5.41) is 7.70. The molecule has 0 bridgehead atoms. The molecular weight excluding hydrogens is 399 g/mol. The molecule has 4 aromatic carbocycles. The van der Waals surface area contributed by atoms with E-state index in [9.17, 15) is 4.57 Å². The average Bonchev–Trinajstić information content (AvgIpc) is 2.86. The highest BCUT2D eigenvalue weighted by Crippen LogP contribution is 2.55. The van der Waals surface area contributed by atoms with Gasteiger partial charge in [0.15, 0.2) is 7.14 Å². The molecule has 0 N–H and O–H groups in total. The van der Waals surface area contributed by atoms with Crippen molar-refractivity contribution in [3.8, 4) is 0 Å². The molecular formula is C27H21N2OP. The Bertz CT molecular complexity index is 1280. The van der Waals surface area contributed by atoms with Gasteiger partial charge < -0.3 is 4.57 Å². The van der Waals surface area contributed by atoms with Gasteiger partial charge >= 0.3 is 0 Å². The Kier molecular flexibility index (Phi) is 5.11. The van der Waals surface area contributed by atoms with Gasteiger partial charge in [-0.3, -0.25) is 0 Å². The van der Waals surface area contributed by atoms with Crippen LogP contribution < -0.4 is 10.3 Å². The van der Waals surface area contributed by atoms with Crippen molar-refractivity contribution in [3.63, 3.8) is 0 Å². The van der Waals surface area contributed by atoms with Crippen molar-refractivity contribution >= 4 is 29.3 Å². The lowest BCUT2D eigenvalue weighted by Gasteiger charge is -2.31. The number of benzene rings is 4. The van der Waals surface area contributed by atoms with E-state index in [1.165, 1.54) is 0 Å². The van der Waals surface area contributed by atoms with Crippen LogP contribution in [-0.4, -0.2) is 5.45 Å². The number of para-hydroxylation sites is 1. The van der Waals surface area contributed by atoms with E-state index in [0.717, 1.165) is 27.8 Å². The molecule has 0 unspecified atom stereocenters. The predicted octanol–water partition coefficient (Wildman–Crippen LogP) is 6.56. The van der Waals surface area contributed by atoms with Crippen LogP contribution in [0, 0.1) is 0 Å². The van der Waals surface area contributed by atoms with Crippen molar-refractivity contribution in [1.82, 2.24) is 0 Å². The standard InChI is InChI=1S/C27H21N2OP/c30-31(25-19-11-4-12-20-25)21-26(22-13-5-1-6-14-22)29(24-17-9-3-10-18-24)28-27(31)23-15-7-2-8-16-23/h1-21H/t31-/m0/s1. The Hall–Kier alpha value is -3.68. The molecule has 0 aromatic heterocycles. The highest BCUT2D eigenvalue weighted by atomic mass is 31.2. The molecule has 3 nitrogen and oxygen atoms in total. The molecule has 0 radical (unpaired) electrons. The van der Waals surface area contributed by atoms with Gasteiger partial charge in [0.2, 0.25) is 0 Å². The second-order valence-electron chi connectivity index (χ2n) is 7.31. The van der Waals surface area contributed by atoms with Crippen LogP contribution in [-0.2, 0) is 4.57 Å². The first-order valence-electron chi connectivity index (χ1n) is 10.2. The van der Waals surface area contributed by atoms with E-state index in [2.05, 4.69) is 0 Å². The van der Waals surface area contributed by atoms with E-state index in [1.54, 1.807) is 0 Å². The molecule has 1 atom stereocenters. The van der Waals surface area contributed by atoms with Gasteiger partial charge in [-0.1, -0.05) is 109 Å². The first kappa shape index (κ1) is 19.3. The molecule has 0 saturated carbocycles. The second-order valence-corrected chi connectivity index (χ2v) is 9.83. The van der Waals surface area contributed by atoms with Gasteiger partial charge in [-0.2, -0.15) is 5.10 Å². The van der Waals surface area contributed by atoms with Crippen molar-refractivity contribution in [3.05, 3.63) is 138 Å². The maximum atomic E-state index is 14.7. The summed E-state index contributed by atoms with van der Waals surface area (Å²) >= 11 is 0. The van der Waals surface area contributed by atoms with Crippen molar-refractivity contribution in [2.75, 3.05) is 5.01 Å². The van der Waals surface area contributed by atoms with Gasteiger partial charge in [-0.15, -0.1) is 0 Å². The zero-order valence-corrected chi connectivity index (χ0v) is 17.8. The molecule has 1 aliphatic heterocycles. The number of nitrogens with zero attached hydrogens (tertiary/aromatic N) is 2. The summed E-state index contributed by atoms with van der Waals surface area (Å²) in [6.45, 7) is 0. The second kappa shape index (κ2) is 8.22. The lowest BCUT2D eigenvalue weighted by atomic mass is 10.1.